The zero-order valence-corrected chi connectivity index (χ0v) is 7.62. The molecule has 0 radical (unpaired) electrons. The maximum absolute atomic E-state index is 5.44. The van der Waals surface area contributed by atoms with Crippen LogP contribution >= 0.6 is 0 Å². The van der Waals surface area contributed by atoms with Crippen molar-refractivity contribution in [2.45, 2.75) is 25.7 Å². The third-order valence-electron chi connectivity index (χ3n) is 4.24. The highest BCUT2D eigenvalue weighted by Gasteiger charge is 2.51. The van der Waals surface area contributed by atoms with Crippen molar-refractivity contribution < 1.29 is 4.74 Å². The molecule has 0 N–H and O–H groups in total. The molecule has 2 bridgehead atoms. The molecule has 0 aromatic heterocycles. The fourth-order valence-corrected chi connectivity index (χ4v) is 3.80. The second-order valence-corrected chi connectivity index (χ2v) is 4.57. The van der Waals surface area contributed by atoms with Gasteiger partial charge in [0.25, 0.3) is 0 Å². The number of hydrogen-bond acceptors (Lipinski definition) is 1. The summed E-state index contributed by atoms with van der Waals surface area (Å²) in [6, 6.07) is 0. The standard InChI is InChI=1S/C11H16O/c1-12-10-5-4-9-7-2-3-8(6-7)11(9)10/h5,7-9,11H,2-4,6H2,1H3/t7-,8+,9+,11-/m0/s1. The first-order valence-electron chi connectivity index (χ1n) is 5.14. The van der Waals surface area contributed by atoms with Crippen molar-refractivity contribution in [3.05, 3.63) is 11.8 Å². The number of methoxy groups -OCH3 is 1. The monoisotopic (exact) mass is 164 g/mol. The Morgan fingerprint density at radius 2 is 2.17 bits per heavy atom. The second-order valence-electron chi connectivity index (χ2n) is 4.57. The van der Waals surface area contributed by atoms with Gasteiger partial charge in [0.05, 0.1) is 12.9 Å². The molecule has 3 aliphatic carbocycles. The maximum atomic E-state index is 5.44. The van der Waals surface area contributed by atoms with Crippen LogP contribution in [0.3, 0.4) is 0 Å². The molecule has 3 rings (SSSR count). The van der Waals surface area contributed by atoms with Gasteiger partial charge >= 0.3 is 0 Å². The van der Waals surface area contributed by atoms with Gasteiger partial charge in [-0.25, -0.2) is 0 Å². The van der Waals surface area contributed by atoms with Crippen LogP contribution in [0.5, 0.6) is 0 Å². The molecule has 3 aliphatic rings. The van der Waals surface area contributed by atoms with Crippen LogP contribution in [0.2, 0.25) is 0 Å². The Morgan fingerprint density at radius 1 is 1.33 bits per heavy atom. The molecule has 66 valence electrons. The van der Waals surface area contributed by atoms with Gasteiger partial charge in [-0.1, -0.05) is 0 Å². The zero-order valence-electron chi connectivity index (χ0n) is 7.62. The highest BCUT2D eigenvalue weighted by atomic mass is 16.5. The Morgan fingerprint density at radius 3 is 3.00 bits per heavy atom. The molecule has 0 aliphatic heterocycles. The maximum Gasteiger partial charge on any atom is 0.0952 e. The van der Waals surface area contributed by atoms with E-state index < -0.39 is 0 Å². The van der Waals surface area contributed by atoms with Crippen molar-refractivity contribution in [2.24, 2.45) is 23.7 Å². The van der Waals surface area contributed by atoms with Crippen molar-refractivity contribution in [1.82, 2.24) is 0 Å². The summed E-state index contributed by atoms with van der Waals surface area (Å²) < 4.78 is 5.44. The first kappa shape index (κ1) is 6.99. The molecular formula is C11H16O. The van der Waals surface area contributed by atoms with Crippen LogP contribution in [0.25, 0.3) is 0 Å². The van der Waals surface area contributed by atoms with Gasteiger partial charge in [0.1, 0.15) is 0 Å². The van der Waals surface area contributed by atoms with Gasteiger partial charge in [0, 0.05) is 5.92 Å². The molecule has 2 saturated carbocycles. The van der Waals surface area contributed by atoms with Crippen molar-refractivity contribution in [2.75, 3.05) is 7.11 Å². The highest BCUT2D eigenvalue weighted by molar-refractivity contribution is 5.17. The molecule has 12 heavy (non-hydrogen) atoms. The molecule has 0 unspecified atom stereocenters. The predicted octanol–water partition coefficient (Wildman–Crippen LogP) is 2.58. The van der Waals surface area contributed by atoms with Crippen LogP contribution in [0.15, 0.2) is 11.8 Å². The molecule has 2 fully saturated rings. The van der Waals surface area contributed by atoms with Gasteiger partial charge in [-0.3, -0.25) is 0 Å². The Kier molecular flexibility index (Phi) is 1.32. The number of ether oxygens (including phenoxy) is 1. The van der Waals surface area contributed by atoms with E-state index in [0.29, 0.717) is 0 Å². The first-order chi connectivity index (χ1) is 5.90. The molecule has 0 amide bonds. The number of hydrogen-bond donors (Lipinski definition) is 0. The molecule has 0 aromatic rings. The van der Waals surface area contributed by atoms with Crippen molar-refractivity contribution >= 4 is 0 Å². The van der Waals surface area contributed by atoms with E-state index in [9.17, 15) is 0 Å². The van der Waals surface area contributed by atoms with Crippen LogP contribution in [0.4, 0.5) is 0 Å². The summed E-state index contributed by atoms with van der Waals surface area (Å²) in [5.74, 6) is 5.14. The minimum Gasteiger partial charge on any atom is -0.501 e. The summed E-state index contributed by atoms with van der Waals surface area (Å²) in [5, 5.41) is 0. The van der Waals surface area contributed by atoms with Crippen LogP contribution in [-0.4, -0.2) is 7.11 Å². The number of rotatable bonds is 1. The Balaban J connectivity index is 1.90. The normalized spacial score (nSPS) is 49.2. The van der Waals surface area contributed by atoms with E-state index in [-0.39, 0.29) is 0 Å². The van der Waals surface area contributed by atoms with Gasteiger partial charge in [-0.05, 0) is 49.5 Å². The van der Waals surface area contributed by atoms with Crippen LogP contribution in [-0.2, 0) is 4.74 Å². The lowest BCUT2D eigenvalue weighted by molar-refractivity contribution is 0.180. The summed E-state index contributed by atoms with van der Waals surface area (Å²) >= 11 is 0. The van der Waals surface area contributed by atoms with Crippen LogP contribution < -0.4 is 0 Å². The molecule has 0 aromatic carbocycles. The van der Waals surface area contributed by atoms with E-state index in [0.717, 1.165) is 23.7 Å². The minimum absolute atomic E-state index is 0.828. The minimum atomic E-state index is 0.828. The molecule has 4 atom stereocenters. The Hall–Kier alpha value is -0.460. The fourth-order valence-electron chi connectivity index (χ4n) is 3.80. The summed E-state index contributed by atoms with van der Waals surface area (Å²) in [6.45, 7) is 0. The molecule has 0 saturated heterocycles. The van der Waals surface area contributed by atoms with E-state index in [4.69, 9.17) is 4.74 Å². The van der Waals surface area contributed by atoms with E-state index >= 15 is 0 Å². The Labute approximate surface area is 73.8 Å². The van der Waals surface area contributed by atoms with Crippen LogP contribution in [0, 0.1) is 23.7 Å². The summed E-state index contributed by atoms with van der Waals surface area (Å²) in [4.78, 5) is 0. The largest absolute Gasteiger partial charge is 0.501 e. The third kappa shape index (κ3) is 0.699. The molecule has 1 heteroatoms. The van der Waals surface area contributed by atoms with E-state index in [1.54, 1.807) is 0 Å². The quantitative estimate of drug-likeness (QED) is 0.578. The predicted molar refractivity (Wildman–Crippen MR) is 47.5 cm³/mol. The third-order valence-corrected chi connectivity index (χ3v) is 4.24. The van der Waals surface area contributed by atoms with Gasteiger partial charge in [-0.15, -0.1) is 0 Å². The lowest BCUT2D eigenvalue weighted by Gasteiger charge is -2.26. The lowest BCUT2D eigenvalue weighted by atomic mass is 9.81. The second kappa shape index (κ2) is 2.27. The first-order valence-corrected chi connectivity index (χ1v) is 5.14. The van der Waals surface area contributed by atoms with E-state index in [1.165, 1.54) is 31.4 Å². The number of allylic oxidation sites excluding steroid dienone is 2. The number of fused-ring (bicyclic) bond motifs is 5. The topological polar surface area (TPSA) is 9.23 Å². The van der Waals surface area contributed by atoms with E-state index in [1.807, 2.05) is 7.11 Å². The average molecular weight is 164 g/mol. The smallest absolute Gasteiger partial charge is 0.0952 e. The molecular weight excluding hydrogens is 148 g/mol. The fraction of sp³-hybridized carbons (Fsp3) is 0.818. The summed E-state index contributed by atoms with van der Waals surface area (Å²) in [6.07, 6.45) is 8.09. The summed E-state index contributed by atoms with van der Waals surface area (Å²) in [5.41, 5.74) is 0. The SMILES string of the molecule is COC1=CC[C@@H]2[C@H]3CC[C@H](C3)[C@H]12. The van der Waals surface area contributed by atoms with Crippen molar-refractivity contribution in [3.8, 4) is 0 Å². The lowest BCUT2D eigenvalue weighted by Crippen LogP contribution is -2.19. The molecule has 0 spiro atoms. The van der Waals surface area contributed by atoms with Crippen molar-refractivity contribution in [3.63, 3.8) is 0 Å². The zero-order chi connectivity index (χ0) is 8.13. The van der Waals surface area contributed by atoms with Gasteiger partial charge in [0.15, 0.2) is 0 Å². The average Bonchev–Trinajstić information content (AvgIpc) is 2.76. The Bertz CT molecular complexity index is 231. The van der Waals surface area contributed by atoms with Gasteiger partial charge in [0.2, 0.25) is 0 Å². The highest BCUT2D eigenvalue weighted by Crippen LogP contribution is 2.58. The van der Waals surface area contributed by atoms with Crippen molar-refractivity contribution in [1.29, 1.82) is 0 Å². The van der Waals surface area contributed by atoms with Crippen LogP contribution in [0.1, 0.15) is 25.7 Å². The summed E-state index contributed by atoms with van der Waals surface area (Å²) in [7, 11) is 1.83. The molecule has 0 heterocycles. The molecule has 1 nitrogen and oxygen atoms in total. The van der Waals surface area contributed by atoms with Gasteiger partial charge in [-0.2, -0.15) is 0 Å². The van der Waals surface area contributed by atoms with Gasteiger partial charge < -0.3 is 4.74 Å². The van der Waals surface area contributed by atoms with E-state index in [2.05, 4.69) is 6.08 Å².